The number of hydrogen-bond donors (Lipinski definition) is 3. The van der Waals surface area contributed by atoms with Gasteiger partial charge in [-0.25, -0.2) is 9.37 Å². The molecule has 0 radical (unpaired) electrons. The fourth-order valence-corrected chi connectivity index (χ4v) is 6.13. The van der Waals surface area contributed by atoms with Crippen LogP contribution in [0, 0.1) is 30.0 Å². The lowest BCUT2D eigenvalue weighted by atomic mass is 9.84. The zero-order valence-corrected chi connectivity index (χ0v) is 20.0. The lowest BCUT2D eigenvalue weighted by Gasteiger charge is -2.29. The predicted molar refractivity (Wildman–Crippen MR) is 133 cm³/mol. The first-order chi connectivity index (χ1) is 16.3. The Morgan fingerprint density at radius 1 is 1.35 bits per heavy atom. The Kier molecular flexibility index (Phi) is 5.66. The number of fused-ring (bicyclic) bond motifs is 2. The molecule has 3 aromatic rings. The number of nitrogens with zero attached hydrogens (tertiary/aromatic N) is 3. The molecule has 3 heterocycles. The third kappa shape index (κ3) is 3.77. The highest BCUT2D eigenvalue weighted by Gasteiger charge is 2.33. The normalized spacial score (nSPS) is 22.0. The zero-order chi connectivity index (χ0) is 24.1. The summed E-state index contributed by atoms with van der Waals surface area (Å²) in [7, 11) is 0. The van der Waals surface area contributed by atoms with Gasteiger partial charge >= 0.3 is 0 Å². The smallest absolute Gasteiger partial charge is 0.263 e. The molecule has 1 amide bonds. The van der Waals surface area contributed by atoms with Crippen molar-refractivity contribution in [1.29, 1.82) is 5.26 Å². The number of rotatable bonds is 3. The van der Waals surface area contributed by atoms with Crippen molar-refractivity contribution in [2.45, 2.75) is 45.2 Å². The topological polar surface area (TPSA) is 121 Å². The van der Waals surface area contributed by atoms with Crippen LogP contribution in [0.15, 0.2) is 18.2 Å². The number of amides is 1. The van der Waals surface area contributed by atoms with Gasteiger partial charge in [0.25, 0.3) is 5.91 Å². The Labute approximate surface area is 201 Å². The molecule has 34 heavy (non-hydrogen) atoms. The van der Waals surface area contributed by atoms with Gasteiger partial charge in [0, 0.05) is 36.3 Å². The molecule has 5 N–H and O–H groups in total. The summed E-state index contributed by atoms with van der Waals surface area (Å²) in [5.74, 6) is -0.327. The number of benzene rings is 1. The summed E-state index contributed by atoms with van der Waals surface area (Å²) in [6, 6.07) is 7.27. The molecule has 5 rings (SSSR count). The molecule has 0 saturated carbocycles. The standard InChI is InChI=1S/C25H27FN6OS/c1-12-10-32(11-20(12)28)21-8-19(26)17-7-14(4-6-15(17)18(21)9-27)31-24(33)23-22(29)16-5-3-13(2)30-25(16)34-23/h3,5,8,12,14,20H,4,6-7,10-11,28-29H2,1-2H3,(H,31,33)/t12-,14+,20-/m0/s1. The van der Waals surface area contributed by atoms with Crippen LogP contribution in [0.4, 0.5) is 15.8 Å². The quantitative estimate of drug-likeness (QED) is 0.531. The van der Waals surface area contributed by atoms with Crippen LogP contribution in [0.25, 0.3) is 10.2 Å². The molecule has 0 unspecified atom stereocenters. The van der Waals surface area contributed by atoms with Crippen LogP contribution in [0.2, 0.25) is 0 Å². The van der Waals surface area contributed by atoms with Crippen LogP contribution in [0.1, 0.15) is 45.4 Å². The highest BCUT2D eigenvalue weighted by molar-refractivity contribution is 7.21. The van der Waals surface area contributed by atoms with Gasteiger partial charge in [-0.2, -0.15) is 5.26 Å². The lowest BCUT2D eigenvalue weighted by Crippen LogP contribution is -2.39. The fourth-order valence-electron chi connectivity index (χ4n) is 5.09. The molecule has 1 aliphatic heterocycles. The van der Waals surface area contributed by atoms with Crippen molar-refractivity contribution in [3.8, 4) is 6.07 Å². The second-order valence-electron chi connectivity index (χ2n) is 9.43. The Hall–Kier alpha value is -3.22. The maximum Gasteiger partial charge on any atom is 0.263 e. The molecule has 1 aromatic carbocycles. The van der Waals surface area contributed by atoms with E-state index in [0.29, 0.717) is 59.7 Å². The van der Waals surface area contributed by atoms with Gasteiger partial charge in [-0.15, -0.1) is 11.3 Å². The van der Waals surface area contributed by atoms with E-state index in [4.69, 9.17) is 11.5 Å². The van der Waals surface area contributed by atoms with E-state index < -0.39 is 0 Å². The van der Waals surface area contributed by atoms with E-state index >= 15 is 4.39 Å². The summed E-state index contributed by atoms with van der Waals surface area (Å²) in [6.45, 7) is 5.28. The summed E-state index contributed by atoms with van der Waals surface area (Å²) >= 11 is 1.26. The van der Waals surface area contributed by atoms with Crippen LogP contribution in [0.5, 0.6) is 0 Å². The molecule has 1 fully saturated rings. The van der Waals surface area contributed by atoms with E-state index in [-0.39, 0.29) is 29.7 Å². The van der Waals surface area contributed by atoms with E-state index in [1.165, 1.54) is 17.4 Å². The maximum atomic E-state index is 15.3. The second-order valence-corrected chi connectivity index (χ2v) is 10.4. The minimum atomic E-state index is -0.336. The van der Waals surface area contributed by atoms with Crippen molar-refractivity contribution in [3.05, 3.63) is 51.3 Å². The monoisotopic (exact) mass is 478 g/mol. The number of anilines is 2. The van der Waals surface area contributed by atoms with E-state index in [1.54, 1.807) is 0 Å². The largest absolute Gasteiger partial charge is 0.397 e. The number of aromatic nitrogens is 1. The Morgan fingerprint density at radius 3 is 2.85 bits per heavy atom. The van der Waals surface area contributed by atoms with Crippen molar-refractivity contribution in [3.63, 3.8) is 0 Å². The van der Waals surface area contributed by atoms with Gasteiger partial charge in [-0.3, -0.25) is 4.79 Å². The number of nitrogens with two attached hydrogens (primary N) is 2. The minimum absolute atomic E-state index is 0.00526. The number of carbonyl (C=O) groups excluding carboxylic acids is 1. The van der Waals surface area contributed by atoms with Crippen molar-refractivity contribution >= 4 is 38.8 Å². The number of aryl methyl sites for hydroxylation is 1. The fraction of sp³-hybridized carbons (Fsp3) is 0.400. The minimum Gasteiger partial charge on any atom is -0.397 e. The summed E-state index contributed by atoms with van der Waals surface area (Å²) in [6.07, 6.45) is 1.47. The van der Waals surface area contributed by atoms with Gasteiger partial charge in [0.05, 0.1) is 16.9 Å². The summed E-state index contributed by atoms with van der Waals surface area (Å²) in [4.78, 5) is 20.7. The first-order valence-corrected chi connectivity index (χ1v) is 12.3. The number of hydrogen-bond acceptors (Lipinski definition) is 7. The molecule has 1 aliphatic carbocycles. The molecule has 2 aromatic heterocycles. The first kappa shape index (κ1) is 22.6. The first-order valence-electron chi connectivity index (χ1n) is 11.5. The number of thiophene rings is 1. The van der Waals surface area contributed by atoms with Crippen LogP contribution in [0.3, 0.4) is 0 Å². The van der Waals surface area contributed by atoms with Crippen LogP contribution in [-0.4, -0.2) is 36.1 Å². The lowest BCUT2D eigenvalue weighted by molar-refractivity contribution is 0.0938. The molecule has 0 spiro atoms. The number of carbonyl (C=O) groups is 1. The Bertz CT molecular complexity index is 1340. The summed E-state index contributed by atoms with van der Waals surface area (Å²) in [5, 5.41) is 13.7. The van der Waals surface area contributed by atoms with Gasteiger partial charge in [-0.05, 0) is 61.4 Å². The van der Waals surface area contributed by atoms with Crippen LogP contribution in [-0.2, 0) is 12.8 Å². The Balaban J connectivity index is 1.39. The molecule has 9 heteroatoms. The Morgan fingerprint density at radius 2 is 2.15 bits per heavy atom. The van der Waals surface area contributed by atoms with Gasteiger partial charge < -0.3 is 21.7 Å². The highest BCUT2D eigenvalue weighted by atomic mass is 32.1. The molecule has 3 atom stereocenters. The predicted octanol–water partition coefficient (Wildman–Crippen LogP) is 3.27. The van der Waals surface area contributed by atoms with Gasteiger partial charge in [0.2, 0.25) is 0 Å². The van der Waals surface area contributed by atoms with Crippen LogP contribution < -0.4 is 21.7 Å². The van der Waals surface area contributed by atoms with Crippen molar-refractivity contribution in [2.75, 3.05) is 23.7 Å². The highest BCUT2D eigenvalue weighted by Crippen LogP contribution is 2.36. The zero-order valence-electron chi connectivity index (χ0n) is 19.2. The number of pyridine rings is 1. The molecule has 1 saturated heterocycles. The average Bonchev–Trinajstić information content (AvgIpc) is 3.32. The van der Waals surface area contributed by atoms with Crippen LogP contribution >= 0.6 is 11.3 Å². The number of nitrogen functional groups attached to an aromatic ring is 1. The summed E-state index contributed by atoms with van der Waals surface area (Å²) in [5.41, 5.74) is 16.1. The van der Waals surface area contributed by atoms with Gasteiger partial charge in [0.1, 0.15) is 21.6 Å². The van der Waals surface area contributed by atoms with Gasteiger partial charge in [0.15, 0.2) is 0 Å². The second kappa shape index (κ2) is 8.53. The number of nitriles is 1. The number of halogens is 1. The molecule has 7 nitrogen and oxygen atoms in total. The average molecular weight is 479 g/mol. The molecule has 0 bridgehead atoms. The maximum absolute atomic E-state index is 15.3. The third-order valence-electron chi connectivity index (χ3n) is 7.06. The van der Waals surface area contributed by atoms with Gasteiger partial charge in [-0.1, -0.05) is 6.92 Å². The molecular formula is C25H27FN6OS. The van der Waals surface area contributed by atoms with E-state index in [1.807, 2.05) is 24.0 Å². The van der Waals surface area contributed by atoms with Crippen molar-refractivity contribution in [1.82, 2.24) is 10.3 Å². The summed E-state index contributed by atoms with van der Waals surface area (Å²) < 4.78 is 15.3. The third-order valence-corrected chi connectivity index (χ3v) is 8.18. The molecule has 176 valence electrons. The van der Waals surface area contributed by atoms with E-state index in [9.17, 15) is 10.1 Å². The molecular weight excluding hydrogens is 451 g/mol. The molecule has 2 aliphatic rings. The van der Waals surface area contributed by atoms with E-state index in [0.717, 1.165) is 21.5 Å². The van der Waals surface area contributed by atoms with Crippen molar-refractivity contribution in [2.24, 2.45) is 11.7 Å². The SMILES string of the molecule is Cc1ccc2c(N)c(C(=O)N[C@@H]3CCc4c(C#N)c(N5C[C@H](C)[C@@H](N)C5)cc(F)c4C3)sc2n1. The number of nitrogens with one attached hydrogen (secondary N) is 1. The van der Waals surface area contributed by atoms with Crippen molar-refractivity contribution < 1.29 is 9.18 Å². The van der Waals surface area contributed by atoms with E-state index in [2.05, 4.69) is 23.3 Å².